The van der Waals surface area contributed by atoms with Gasteiger partial charge in [-0.3, -0.25) is 0 Å². The van der Waals surface area contributed by atoms with Crippen LogP contribution in [0, 0.1) is 37.7 Å². The van der Waals surface area contributed by atoms with Crippen LogP contribution in [0.25, 0.3) is 10.8 Å². The molecule has 0 aliphatic rings. The van der Waals surface area contributed by atoms with E-state index in [1.807, 2.05) is 0 Å². The topological polar surface area (TPSA) is 0 Å². The summed E-state index contributed by atoms with van der Waals surface area (Å²) < 4.78 is 0. The molecule has 0 atom stereocenters. The molecule has 0 radical (unpaired) electrons. The van der Waals surface area contributed by atoms with Crippen LogP contribution in [-0.2, 0) is 0 Å². The first-order valence-corrected chi connectivity index (χ1v) is 3.40. The Morgan fingerprint density at radius 3 is 1.09 bits per heavy atom. The molecule has 2 rings (SSSR count). The van der Waals surface area contributed by atoms with Crippen LogP contribution < -0.4 is 0 Å². The van der Waals surface area contributed by atoms with Crippen molar-refractivity contribution in [2.75, 3.05) is 0 Å². The first-order chi connectivity index (χ1) is 4.97. The van der Waals surface area contributed by atoms with Crippen LogP contribution in [0.15, 0.2) is 48.5 Å². The van der Waals surface area contributed by atoms with Gasteiger partial charge in [-0.25, -0.2) is 0 Å². The largest absolute Gasteiger partial charge is 0.0616 e. The summed E-state index contributed by atoms with van der Waals surface area (Å²) in [5.41, 5.74) is 0. The molecule has 0 nitrogen and oxygen atoms in total. The number of rotatable bonds is 0. The molecule has 2 aromatic rings. The van der Waals surface area contributed by atoms with Gasteiger partial charge in [0.25, 0.3) is 0 Å². The summed E-state index contributed by atoms with van der Waals surface area (Å²) in [6, 6.07) is 16.7. The molecule has 1 heteroatoms. The van der Waals surface area contributed by atoms with Crippen LogP contribution in [-0.4, -0.2) is 0 Å². The van der Waals surface area contributed by atoms with Crippen molar-refractivity contribution < 1.29 is 37.7 Å². The molecule has 0 aliphatic heterocycles. The summed E-state index contributed by atoms with van der Waals surface area (Å²) in [6.45, 7) is 0. The van der Waals surface area contributed by atoms with Crippen molar-refractivity contribution >= 4 is 10.8 Å². The van der Waals surface area contributed by atoms with Crippen molar-refractivity contribution in [2.24, 2.45) is 0 Å². The van der Waals surface area contributed by atoms with E-state index in [1.165, 1.54) is 10.8 Å². The standard InChI is InChI=1S/C10H8.Ar/c1-2-6-10-8-4-3-7-9(10)5-1;/h1-8H;. The third kappa shape index (κ3) is 1.96. The van der Waals surface area contributed by atoms with Gasteiger partial charge in [0.15, 0.2) is 0 Å². The normalized spacial score (nSPS) is 9.09. The fourth-order valence-corrected chi connectivity index (χ4v) is 1.13. The predicted molar refractivity (Wildman–Crippen MR) is 43.9 cm³/mol. The van der Waals surface area contributed by atoms with E-state index in [0.29, 0.717) is 0 Å². The molecule has 2 aromatic carbocycles. The Morgan fingerprint density at radius 1 is 0.545 bits per heavy atom. The van der Waals surface area contributed by atoms with Gasteiger partial charge in [-0.15, -0.1) is 0 Å². The minimum absolute atomic E-state index is 0. The van der Waals surface area contributed by atoms with E-state index < -0.39 is 0 Å². The van der Waals surface area contributed by atoms with Gasteiger partial charge in [-0.1, -0.05) is 48.5 Å². The summed E-state index contributed by atoms with van der Waals surface area (Å²) in [5.74, 6) is 0. The molecule has 0 saturated carbocycles. The molecule has 11 heavy (non-hydrogen) atoms. The third-order valence-corrected chi connectivity index (χ3v) is 1.66. The molecule has 0 fully saturated rings. The quantitative estimate of drug-likeness (QED) is 0.567. The summed E-state index contributed by atoms with van der Waals surface area (Å²) in [4.78, 5) is 0. The van der Waals surface area contributed by atoms with Crippen molar-refractivity contribution in [3.8, 4) is 0 Å². The van der Waals surface area contributed by atoms with Gasteiger partial charge in [0.1, 0.15) is 0 Å². The summed E-state index contributed by atoms with van der Waals surface area (Å²) in [7, 11) is 0. The van der Waals surface area contributed by atoms with Crippen molar-refractivity contribution in [2.45, 2.75) is 0 Å². The van der Waals surface area contributed by atoms with Crippen LogP contribution in [0.1, 0.15) is 0 Å². The maximum absolute atomic E-state index is 2.12. The van der Waals surface area contributed by atoms with E-state index in [1.54, 1.807) is 0 Å². The number of hydrogen-bond acceptors (Lipinski definition) is 0. The average molecular weight is 168 g/mol. The molecule has 56 valence electrons. The Hall–Kier alpha value is -0.0403. The van der Waals surface area contributed by atoms with E-state index in [2.05, 4.69) is 48.5 Å². The maximum Gasteiger partial charge on any atom is 0 e. The second kappa shape index (κ2) is 4.10. The molecule has 0 aliphatic carbocycles. The van der Waals surface area contributed by atoms with Gasteiger partial charge in [0.05, 0.1) is 0 Å². The zero-order valence-corrected chi connectivity index (χ0v) is 6.68. The molecule has 0 amide bonds. The SMILES string of the molecule is [Ar].c1ccc2ccccc2c1. The van der Waals surface area contributed by atoms with E-state index >= 15 is 0 Å². The van der Waals surface area contributed by atoms with Gasteiger partial charge >= 0.3 is 0 Å². The third-order valence-electron chi connectivity index (χ3n) is 1.66. The second-order valence-electron chi connectivity index (χ2n) is 2.35. The predicted octanol–water partition coefficient (Wildman–Crippen LogP) is 2.84. The fourth-order valence-electron chi connectivity index (χ4n) is 1.13. The van der Waals surface area contributed by atoms with Gasteiger partial charge in [-0.2, -0.15) is 0 Å². The van der Waals surface area contributed by atoms with Crippen molar-refractivity contribution in [3.63, 3.8) is 0 Å². The number of benzene rings is 2. The van der Waals surface area contributed by atoms with E-state index in [9.17, 15) is 0 Å². The minimum Gasteiger partial charge on any atom is -0.0616 e. The molecule has 0 heterocycles. The van der Waals surface area contributed by atoms with E-state index in [0.717, 1.165) is 0 Å². The van der Waals surface area contributed by atoms with E-state index in [-0.39, 0.29) is 37.7 Å². The van der Waals surface area contributed by atoms with Crippen LogP contribution >= 0.6 is 0 Å². The fraction of sp³-hybridized carbons (Fsp3) is 0. The van der Waals surface area contributed by atoms with Crippen molar-refractivity contribution in [1.29, 1.82) is 0 Å². The molecule has 0 aromatic heterocycles. The Morgan fingerprint density at radius 2 is 0.818 bits per heavy atom. The first-order valence-electron chi connectivity index (χ1n) is 3.40. The average Bonchev–Trinajstić information content (AvgIpc) is 2.05. The molecular formula is C10H8Ar. The van der Waals surface area contributed by atoms with Crippen molar-refractivity contribution in [1.82, 2.24) is 0 Å². The van der Waals surface area contributed by atoms with Gasteiger partial charge in [0, 0.05) is 37.7 Å². The molecule has 0 N–H and O–H groups in total. The van der Waals surface area contributed by atoms with Crippen molar-refractivity contribution in [3.05, 3.63) is 48.5 Å². The maximum atomic E-state index is 2.12. The van der Waals surface area contributed by atoms with Gasteiger partial charge in [-0.05, 0) is 10.8 Å². The van der Waals surface area contributed by atoms with Gasteiger partial charge in [0.2, 0.25) is 0 Å². The Labute approximate surface area is 96.2 Å². The summed E-state index contributed by atoms with van der Waals surface area (Å²) >= 11 is 0. The summed E-state index contributed by atoms with van der Waals surface area (Å²) in [5, 5.41) is 2.62. The molecule has 0 spiro atoms. The van der Waals surface area contributed by atoms with E-state index in [4.69, 9.17) is 0 Å². The minimum atomic E-state index is 0. The Balaban J connectivity index is 0.000000605. The number of fused-ring (bicyclic) bond motifs is 1. The summed E-state index contributed by atoms with van der Waals surface area (Å²) in [6.07, 6.45) is 0. The molecular weight excluding hydrogens is 160 g/mol. The van der Waals surface area contributed by atoms with Crippen LogP contribution in [0.4, 0.5) is 0 Å². The molecule has 0 bridgehead atoms. The zero-order valence-electron chi connectivity index (χ0n) is 5.97. The number of hydrogen-bond donors (Lipinski definition) is 0. The monoisotopic (exact) mass is 168 g/mol. The first kappa shape index (κ1) is 9.05. The Bertz CT molecular complexity index is 276. The molecule has 0 saturated heterocycles. The Kier molecular flexibility index (Phi) is 3.38. The smallest absolute Gasteiger partial charge is 0 e. The zero-order chi connectivity index (χ0) is 6.81. The van der Waals surface area contributed by atoms with Crippen LogP contribution in [0.3, 0.4) is 0 Å². The molecule has 0 unspecified atom stereocenters. The van der Waals surface area contributed by atoms with Gasteiger partial charge < -0.3 is 0 Å². The van der Waals surface area contributed by atoms with Crippen LogP contribution in [0.2, 0.25) is 0 Å². The second-order valence-corrected chi connectivity index (χ2v) is 2.35. The van der Waals surface area contributed by atoms with Crippen LogP contribution in [0.5, 0.6) is 0 Å².